The van der Waals surface area contributed by atoms with Gasteiger partial charge in [-0.1, -0.05) is 24.2 Å². The first-order valence-corrected chi connectivity index (χ1v) is 10.4. The summed E-state index contributed by atoms with van der Waals surface area (Å²) in [6.07, 6.45) is 0.792. The average molecular weight is 423 g/mol. The maximum atomic E-state index is 12.6. The maximum Gasteiger partial charge on any atom is 0.338 e. The summed E-state index contributed by atoms with van der Waals surface area (Å²) >= 11 is 1.52. The number of hydrogen-bond donors (Lipinski definition) is 1. The van der Waals surface area contributed by atoms with Gasteiger partial charge >= 0.3 is 5.97 Å². The third-order valence-electron chi connectivity index (χ3n) is 5.14. The number of fused-ring (bicyclic) bond motifs is 1. The van der Waals surface area contributed by atoms with E-state index in [1.807, 2.05) is 13.8 Å². The van der Waals surface area contributed by atoms with E-state index in [-0.39, 0.29) is 12.2 Å². The number of H-pyrrole nitrogens is 1. The lowest BCUT2D eigenvalue weighted by Gasteiger charge is -2.06. The van der Waals surface area contributed by atoms with Crippen LogP contribution in [-0.2, 0) is 17.8 Å². The topological polar surface area (TPSA) is 98.1 Å². The van der Waals surface area contributed by atoms with Crippen LogP contribution in [0.5, 0.6) is 0 Å². The molecule has 7 nitrogen and oxygen atoms in total. The summed E-state index contributed by atoms with van der Waals surface area (Å²) in [5.74, 6) is 0.670. The van der Waals surface area contributed by atoms with E-state index in [4.69, 9.17) is 9.26 Å². The predicted molar refractivity (Wildman–Crippen MR) is 115 cm³/mol. The molecule has 154 valence electrons. The summed E-state index contributed by atoms with van der Waals surface area (Å²) < 4.78 is 10.5. The minimum Gasteiger partial charge on any atom is -0.457 e. The van der Waals surface area contributed by atoms with Crippen molar-refractivity contribution in [2.75, 3.05) is 0 Å². The number of carbonyl (C=O) groups is 1. The molecule has 30 heavy (non-hydrogen) atoms. The van der Waals surface area contributed by atoms with Crippen molar-refractivity contribution >= 4 is 27.5 Å². The van der Waals surface area contributed by atoms with Crippen molar-refractivity contribution in [2.45, 2.75) is 40.7 Å². The molecule has 0 radical (unpaired) electrons. The lowest BCUT2D eigenvalue weighted by molar-refractivity contribution is 0.0471. The molecule has 4 rings (SSSR count). The second-order valence-electron chi connectivity index (χ2n) is 7.04. The number of ether oxygens (including phenoxy) is 1. The fourth-order valence-corrected chi connectivity index (χ4v) is 4.55. The molecule has 0 aliphatic heterocycles. The zero-order valence-electron chi connectivity index (χ0n) is 17.2. The van der Waals surface area contributed by atoms with Gasteiger partial charge in [-0.25, -0.2) is 9.78 Å². The summed E-state index contributed by atoms with van der Waals surface area (Å²) in [5.41, 5.74) is 3.52. The Morgan fingerprint density at radius 3 is 2.53 bits per heavy atom. The zero-order valence-corrected chi connectivity index (χ0v) is 18.0. The summed E-state index contributed by atoms with van der Waals surface area (Å²) in [5, 5.41) is 4.52. The van der Waals surface area contributed by atoms with E-state index in [0.717, 1.165) is 32.8 Å². The third kappa shape index (κ3) is 3.54. The molecular formula is C22H21N3O4S. The number of carbonyl (C=O) groups excluding carboxylic acids is 1. The summed E-state index contributed by atoms with van der Waals surface area (Å²) in [6.45, 7) is 7.72. The number of benzene rings is 1. The SMILES string of the molecule is CCc1c(C)sc2nc(-c3ccc(C(=O)OCc4c(C)noc4C)cc3)[nH]c(=O)c12. The smallest absolute Gasteiger partial charge is 0.338 e. The Balaban J connectivity index is 1.56. The van der Waals surface area contributed by atoms with Crippen LogP contribution >= 0.6 is 11.3 Å². The van der Waals surface area contributed by atoms with E-state index in [1.54, 1.807) is 38.1 Å². The number of esters is 1. The normalized spacial score (nSPS) is 11.2. The monoisotopic (exact) mass is 423 g/mol. The van der Waals surface area contributed by atoms with Crippen molar-refractivity contribution in [2.24, 2.45) is 0 Å². The molecule has 4 aromatic rings. The molecule has 0 fully saturated rings. The van der Waals surface area contributed by atoms with Gasteiger partial charge in [0.25, 0.3) is 5.56 Å². The van der Waals surface area contributed by atoms with E-state index in [2.05, 4.69) is 15.1 Å². The van der Waals surface area contributed by atoms with Gasteiger partial charge in [0.15, 0.2) is 0 Å². The number of nitrogens with zero attached hydrogens (tertiary/aromatic N) is 2. The Morgan fingerprint density at radius 2 is 1.90 bits per heavy atom. The van der Waals surface area contributed by atoms with Gasteiger partial charge in [0.1, 0.15) is 23.0 Å². The first-order valence-electron chi connectivity index (χ1n) is 9.60. The van der Waals surface area contributed by atoms with Gasteiger partial charge in [0, 0.05) is 10.4 Å². The number of thiophene rings is 1. The van der Waals surface area contributed by atoms with Gasteiger partial charge in [0.05, 0.1) is 22.2 Å². The average Bonchev–Trinajstić information content (AvgIpc) is 3.24. The Morgan fingerprint density at radius 1 is 1.17 bits per heavy atom. The molecule has 0 aliphatic rings. The van der Waals surface area contributed by atoms with Crippen molar-refractivity contribution in [3.05, 3.63) is 67.6 Å². The molecule has 1 N–H and O–H groups in total. The number of aryl methyl sites for hydroxylation is 4. The lowest BCUT2D eigenvalue weighted by atomic mass is 10.1. The zero-order chi connectivity index (χ0) is 21.4. The Bertz CT molecular complexity index is 1280. The number of nitrogens with one attached hydrogen (secondary N) is 1. The maximum absolute atomic E-state index is 12.6. The highest BCUT2D eigenvalue weighted by molar-refractivity contribution is 7.18. The highest BCUT2D eigenvalue weighted by Gasteiger charge is 2.16. The van der Waals surface area contributed by atoms with E-state index in [9.17, 15) is 9.59 Å². The molecule has 0 spiro atoms. The first-order chi connectivity index (χ1) is 14.4. The predicted octanol–water partition coefficient (Wildman–Crippen LogP) is 4.48. The van der Waals surface area contributed by atoms with Crippen LogP contribution in [0, 0.1) is 20.8 Å². The number of aromatic amines is 1. The third-order valence-corrected chi connectivity index (χ3v) is 6.18. The van der Waals surface area contributed by atoms with Crippen molar-refractivity contribution in [1.82, 2.24) is 15.1 Å². The molecule has 3 aromatic heterocycles. The van der Waals surface area contributed by atoms with Gasteiger partial charge in [-0.05, 0) is 44.9 Å². The number of aromatic nitrogens is 3. The molecule has 0 aliphatic carbocycles. The van der Waals surface area contributed by atoms with Crippen LogP contribution in [0.15, 0.2) is 33.6 Å². The minimum atomic E-state index is -0.445. The van der Waals surface area contributed by atoms with Gasteiger partial charge in [-0.3, -0.25) is 4.79 Å². The van der Waals surface area contributed by atoms with E-state index in [0.29, 0.717) is 28.2 Å². The second kappa shape index (κ2) is 7.87. The molecule has 3 heterocycles. The van der Waals surface area contributed by atoms with E-state index < -0.39 is 5.97 Å². The Kier molecular flexibility index (Phi) is 5.26. The van der Waals surface area contributed by atoms with Crippen LogP contribution < -0.4 is 5.56 Å². The summed E-state index contributed by atoms with van der Waals surface area (Å²) in [6, 6.07) is 6.81. The molecule has 0 bridgehead atoms. The fourth-order valence-electron chi connectivity index (χ4n) is 3.43. The van der Waals surface area contributed by atoms with Crippen LogP contribution in [0.2, 0.25) is 0 Å². The van der Waals surface area contributed by atoms with Crippen molar-refractivity contribution in [3.8, 4) is 11.4 Å². The van der Waals surface area contributed by atoms with Gasteiger partial charge in [0.2, 0.25) is 0 Å². The molecule has 0 unspecified atom stereocenters. The Labute approximate surface area is 176 Å². The highest BCUT2D eigenvalue weighted by atomic mass is 32.1. The molecule has 8 heteroatoms. The van der Waals surface area contributed by atoms with Crippen LogP contribution in [0.1, 0.15) is 44.7 Å². The molecule has 0 atom stereocenters. The molecular weight excluding hydrogens is 402 g/mol. The van der Waals surface area contributed by atoms with Crippen LogP contribution in [-0.4, -0.2) is 21.1 Å². The highest BCUT2D eigenvalue weighted by Crippen LogP contribution is 2.28. The van der Waals surface area contributed by atoms with E-state index in [1.165, 1.54) is 11.3 Å². The largest absolute Gasteiger partial charge is 0.457 e. The van der Waals surface area contributed by atoms with Crippen LogP contribution in [0.3, 0.4) is 0 Å². The minimum absolute atomic E-state index is 0.102. The van der Waals surface area contributed by atoms with Crippen molar-refractivity contribution < 1.29 is 14.1 Å². The molecule has 0 saturated heterocycles. The van der Waals surface area contributed by atoms with Crippen LogP contribution in [0.4, 0.5) is 0 Å². The van der Waals surface area contributed by atoms with Crippen molar-refractivity contribution in [1.29, 1.82) is 0 Å². The van der Waals surface area contributed by atoms with Crippen molar-refractivity contribution in [3.63, 3.8) is 0 Å². The standard InChI is InChI=1S/C22H21N3O4S/c1-5-16-13(4)30-21-18(16)20(26)23-19(24-21)14-6-8-15(9-7-14)22(27)28-10-17-11(2)25-29-12(17)3/h6-9H,5,10H2,1-4H3,(H,23,24,26). The van der Waals surface area contributed by atoms with Gasteiger partial charge in [-0.2, -0.15) is 0 Å². The first kappa shape index (κ1) is 20.0. The van der Waals surface area contributed by atoms with Crippen LogP contribution in [0.25, 0.3) is 21.6 Å². The quantitative estimate of drug-likeness (QED) is 0.475. The fraction of sp³-hybridized carbons (Fsp3) is 0.273. The number of rotatable bonds is 5. The second-order valence-corrected chi connectivity index (χ2v) is 8.24. The molecule has 0 amide bonds. The number of hydrogen-bond acceptors (Lipinski definition) is 7. The molecule has 0 saturated carbocycles. The summed E-state index contributed by atoms with van der Waals surface area (Å²) in [4.78, 5) is 34.3. The lowest BCUT2D eigenvalue weighted by Crippen LogP contribution is -2.10. The van der Waals surface area contributed by atoms with E-state index >= 15 is 0 Å². The van der Waals surface area contributed by atoms with Gasteiger partial charge < -0.3 is 14.2 Å². The Hall–Kier alpha value is -3.26. The molecule has 1 aromatic carbocycles. The summed E-state index contributed by atoms with van der Waals surface area (Å²) in [7, 11) is 0. The van der Waals surface area contributed by atoms with Gasteiger partial charge in [-0.15, -0.1) is 11.3 Å².